The van der Waals surface area contributed by atoms with Crippen LogP contribution in [-0.2, 0) is 6.61 Å². The minimum absolute atomic E-state index is 0.00329. The van der Waals surface area contributed by atoms with Gasteiger partial charge in [0.15, 0.2) is 11.5 Å². The number of methoxy groups -OCH3 is 1. The first kappa shape index (κ1) is 25.6. The van der Waals surface area contributed by atoms with E-state index in [-0.39, 0.29) is 11.5 Å². The normalized spacial score (nSPS) is 11.5. The summed E-state index contributed by atoms with van der Waals surface area (Å²) in [5, 5.41) is 5.00. The van der Waals surface area contributed by atoms with Gasteiger partial charge in [-0.2, -0.15) is 9.78 Å². The zero-order valence-corrected chi connectivity index (χ0v) is 24.0. The van der Waals surface area contributed by atoms with E-state index in [1.54, 1.807) is 19.4 Å². The second-order valence-electron chi connectivity index (χ2n) is 8.10. The predicted molar refractivity (Wildman–Crippen MR) is 150 cm³/mol. The molecular formula is C26H22Br3N3O3. The summed E-state index contributed by atoms with van der Waals surface area (Å²) in [5.74, 6) is 1.73. The molecule has 6 nitrogen and oxygen atoms in total. The molecule has 1 aromatic heterocycles. The van der Waals surface area contributed by atoms with Crippen LogP contribution in [0, 0.1) is 0 Å². The van der Waals surface area contributed by atoms with E-state index in [0.717, 1.165) is 20.1 Å². The number of halogens is 3. The molecule has 0 bridgehead atoms. The summed E-state index contributed by atoms with van der Waals surface area (Å²) in [6.45, 7) is 4.35. The summed E-state index contributed by atoms with van der Waals surface area (Å²) in [6.07, 6.45) is 1.62. The fourth-order valence-corrected chi connectivity index (χ4v) is 4.67. The van der Waals surface area contributed by atoms with Crippen LogP contribution in [0.2, 0.25) is 0 Å². The van der Waals surface area contributed by atoms with Crippen molar-refractivity contribution in [2.45, 2.75) is 26.4 Å². The number of benzene rings is 3. The van der Waals surface area contributed by atoms with Crippen molar-refractivity contribution in [3.05, 3.63) is 95.3 Å². The maximum absolute atomic E-state index is 13.2. The van der Waals surface area contributed by atoms with Crippen molar-refractivity contribution in [3.8, 4) is 11.5 Å². The Balaban J connectivity index is 1.68. The number of aromatic nitrogens is 2. The number of fused-ring (bicyclic) bond motifs is 1. The molecule has 0 aliphatic rings. The Morgan fingerprint density at radius 3 is 2.43 bits per heavy atom. The van der Waals surface area contributed by atoms with E-state index in [4.69, 9.17) is 9.47 Å². The van der Waals surface area contributed by atoms with Crippen LogP contribution in [0.1, 0.15) is 36.7 Å². The molecule has 0 amide bonds. The predicted octanol–water partition coefficient (Wildman–Crippen LogP) is 7.28. The van der Waals surface area contributed by atoms with Crippen LogP contribution in [0.3, 0.4) is 0 Å². The van der Waals surface area contributed by atoms with Crippen LogP contribution >= 0.6 is 47.8 Å². The second-order valence-corrected chi connectivity index (χ2v) is 10.8. The van der Waals surface area contributed by atoms with Crippen LogP contribution in [-0.4, -0.2) is 23.0 Å². The summed E-state index contributed by atoms with van der Waals surface area (Å²) in [5.41, 5.74) is 2.19. The van der Waals surface area contributed by atoms with Crippen LogP contribution in [0.5, 0.6) is 11.5 Å². The monoisotopic (exact) mass is 661 g/mol. The lowest BCUT2D eigenvalue weighted by Crippen LogP contribution is -2.23. The van der Waals surface area contributed by atoms with Crippen LogP contribution in [0.15, 0.2) is 77.9 Å². The van der Waals surface area contributed by atoms with Crippen molar-refractivity contribution in [2.75, 3.05) is 7.11 Å². The molecule has 4 aromatic rings. The number of hydrogen-bond acceptors (Lipinski definition) is 5. The number of nitrogens with zero attached hydrogens (tertiary/aromatic N) is 3. The van der Waals surface area contributed by atoms with Gasteiger partial charge in [-0.05, 0) is 69.5 Å². The third-order valence-corrected chi connectivity index (χ3v) is 6.83. The highest BCUT2D eigenvalue weighted by molar-refractivity contribution is 9.11. The zero-order valence-electron chi connectivity index (χ0n) is 19.3. The van der Waals surface area contributed by atoms with Gasteiger partial charge in [-0.3, -0.25) is 4.79 Å². The van der Waals surface area contributed by atoms with Crippen molar-refractivity contribution < 1.29 is 9.47 Å². The standard InChI is InChI=1S/C26H22Br3N3O3/c1-15(2)25-31-22-9-8-19(28)12-20(22)26(33)32(25)30-13-17-10-21(29)24(23(11-17)34-3)35-14-16-4-6-18(27)7-5-16/h4-13,15H,14H2,1-3H3. The molecule has 9 heteroatoms. The van der Waals surface area contributed by atoms with Gasteiger partial charge in [-0.25, -0.2) is 4.98 Å². The molecule has 35 heavy (non-hydrogen) atoms. The Bertz CT molecular complexity index is 1470. The van der Waals surface area contributed by atoms with Crippen molar-refractivity contribution in [3.63, 3.8) is 0 Å². The zero-order chi connectivity index (χ0) is 25.1. The van der Waals surface area contributed by atoms with Crippen LogP contribution < -0.4 is 15.0 Å². The van der Waals surface area contributed by atoms with E-state index >= 15 is 0 Å². The molecule has 3 aromatic carbocycles. The molecule has 0 aliphatic heterocycles. The lowest BCUT2D eigenvalue weighted by molar-refractivity contribution is 0.282. The summed E-state index contributed by atoms with van der Waals surface area (Å²) in [6, 6.07) is 17.1. The molecule has 1 heterocycles. The first-order valence-corrected chi connectivity index (χ1v) is 13.2. The summed E-state index contributed by atoms with van der Waals surface area (Å²) < 4.78 is 15.5. The summed E-state index contributed by atoms with van der Waals surface area (Å²) >= 11 is 10.4. The SMILES string of the molecule is COc1cc(C=Nn2c(C(C)C)nc3ccc(Br)cc3c2=O)cc(Br)c1OCc1ccc(Br)cc1. The van der Waals surface area contributed by atoms with Crippen LogP contribution in [0.4, 0.5) is 0 Å². The van der Waals surface area contributed by atoms with E-state index in [2.05, 4.69) is 57.9 Å². The number of hydrogen-bond donors (Lipinski definition) is 0. The number of rotatable bonds is 7. The van der Waals surface area contributed by atoms with Crippen LogP contribution in [0.25, 0.3) is 10.9 Å². The molecule has 0 saturated heterocycles. The highest BCUT2D eigenvalue weighted by Crippen LogP contribution is 2.37. The molecule has 0 aliphatic carbocycles. The second kappa shape index (κ2) is 11.1. The first-order valence-electron chi connectivity index (χ1n) is 10.8. The topological polar surface area (TPSA) is 65.7 Å². The van der Waals surface area contributed by atoms with Gasteiger partial charge in [0.05, 0.1) is 28.7 Å². The van der Waals surface area contributed by atoms with Gasteiger partial charge >= 0.3 is 0 Å². The quantitative estimate of drug-likeness (QED) is 0.195. The van der Waals surface area contributed by atoms with Gasteiger partial charge in [-0.1, -0.05) is 57.8 Å². The van der Waals surface area contributed by atoms with E-state index in [1.807, 2.05) is 62.4 Å². The lowest BCUT2D eigenvalue weighted by atomic mass is 10.2. The van der Waals surface area contributed by atoms with E-state index < -0.39 is 0 Å². The average molecular weight is 664 g/mol. The smallest absolute Gasteiger partial charge is 0.282 e. The Hall–Kier alpha value is -2.49. The molecular weight excluding hydrogens is 642 g/mol. The Morgan fingerprint density at radius 2 is 1.74 bits per heavy atom. The molecule has 4 rings (SSSR count). The number of ether oxygens (including phenoxy) is 2. The maximum atomic E-state index is 13.2. The third-order valence-electron chi connectivity index (χ3n) is 5.22. The minimum Gasteiger partial charge on any atom is -0.493 e. The largest absolute Gasteiger partial charge is 0.493 e. The fourth-order valence-electron chi connectivity index (χ4n) is 3.47. The van der Waals surface area contributed by atoms with Gasteiger partial charge < -0.3 is 9.47 Å². The van der Waals surface area contributed by atoms with E-state index in [9.17, 15) is 4.79 Å². The Labute approximate surface area is 228 Å². The fraction of sp³-hybridized carbons (Fsp3) is 0.192. The molecule has 0 atom stereocenters. The minimum atomic E-state index is -0.225. The van der Waals surface area contributed by atoms with Crippen molar-refractivity contribution in [1.82, 2.24) is 9.66 Å². The highest BCUT2D eigenvalue weighted by atomic mass is 79.9. The van der Waals surface area contributed by atoms with E-state index in [1.165, 1.54) is 4.68 Å². The Kier molecular flexibility index (Phi) is 8.09. The summed E-state index contributed by atoms with van der Waals surface area (Å²) in [4.78, 5) is 17.9. The third kappa shape index (κ3) is 5.85. The van der Waals surface area contributed by atoms with E-state index in [0.29, 0.717) is 39.3 Å². The summed E-state index contributed by atoms with van der Waals surface area (Å²) in [7, 11) is 1.58. The average Bonchev–Trinajstić information content (AvgIpc) is 2.83. The molecule has 0 radical (unpaired) electrons. The molecule has 0 N–H and O–H groups in total. The molecule has 0 spiro atoms. The van der Waals surface area contributed by atoms with Crippen molar-refractivity contribution in [2.24, 2.45) is 5.10 Å². The maximum Gasteiger partial charge on any atom is 0.282 e. The molecule has 0 fully saturated rings. The van der Waals surface area contributed by atoms with Gasteiger partial charge in [0.2, 0.25) is 0 Å². The molecule has 180 valence electrons. The van der Waals surface area contributed by atoms with Gasteiger partial charge in [0.25, 0.3) is 5.56 Å². The van der Waals surface area contributed by atoms with Crippen molar-refractivity contribution in [1.29, 1.82) is 0 Å². The van der Waals surface area contributed by atoms with Gasteiger partial charge in [0.1, 0.15) is 12.4 Å². The first-order chi connectivity index (χ1) is 16.8. The lowest BCUT2D eigenvalue weighted by Gasteiger charge is -2.14. The molecule has 0 unspecified atom stereocenters. The molecule has 0 saturated carbocycles. The van der Waals surface area contributed by atoms with Gasteiger partial charge in [-0.15, -0.1) is 0 Å². The Morgan fingerprint density at radius 1 is 1.03 bits per heavy atom. The van der Waals surface area contributed by atoms with Crippen molar-refractivity contribution >= 4 is 64.9 Å². The van der Waals surface area contributed by atoms with Gasteiger partial charge in [0, 0.05) is 14.9 Å². The highest BCUT2D eigenvalue weighted by Gasteiger charge is 2.15.